The Kier molecular flexibility index (Phi) is 5.13. The minimum atomic E-state index is 0.515. The molecule has 0 aliphatic carbocycles. The van der Waals surface area contributed by atoms with Crippen molar-refractivity contribution in [3.63, 3.8) is 0 Å². The van der Waals surface area contributed by atoms with E-state index in [1.54, 1.807) is 0 Å². The Morgan fingerprint density at radius 2 is 2.14 bits per heavy atom. The van der Waals surface area contributed by atoms with Crippen molar-refractivity contribution in [2.24, 2.45) is 5.92 Å². The second-order valence-electron chi connectivity index (χ2n) is 3.56. The Morgan fingerprint density at radius 1 is 1.43 bits per heavy atom. The maximum absolute atomic E-state index is 3.55. The van der Waals surface area contributed by atoms with Gasteiger partial charge in [0.15, 0.2) is 0 Å². The summed E-state index contributed by atoms with van der Waals surface area (Å²) in [6, 6.07) is 4.86. The first kappa shape index (κ1) is 12.2. The fraction of sp³-hybridized carbons (Fsp3) is 0.636. The van der Waals surface area contributed by atoms with E-state index in [0.717, 1.165) is 6.54 Å². The summed E-state index contributed by atoms with van der Waals surface area (Å²) in [5.74, 6) is 0.695. The largest absolute Gasteiger partial charge is 0.309 e. The molecule has 0 radical (unpaired) electrons. The molecule has 2 unspecified atom stereocenters. The maximum Gasteiger partial charge on any atom is 0.0701 e. The fourth-order valence-electron chi connectivity index (χ4n) is 1.53. The molecule has 0 saturated heterocycles. The molecule has 1 nitrogen and oxygen atoms in total. The van der Waals surface area contributed by atoms with Crippen LogP contribution in [0.4, 0.5) is 0 Å². The zero-order valence-electron chi connectivity index (χ0n) is 9.01. The summed E-state index contributed by atoms with van der Waals surface area (Å²) < 4.78 is 1.22. The first-order valence-electron chi connectivity index (χ1n) is 5.17. The van der Waals surface area contributed by atoms with Crippen molar-refractivity contribution in [1.29, 1.82) is 0 Å². The van der Waals surface area contributed by atoms with Crippen LogP contribution in [0.2, 0.25) is 0 Å². The first-order chi connectivity index (χ1) is 6.69. The zero-order chi connectivity index (χ0) is 10.6. The molecule has 0 aliphatic rings. The van der Waals surface area contributed by atoms with Crippen LogP contribution in [0.25, 0.3) is 0 Å². The minimum Gasteiger partial charge on any atom is -0.309 e. The number of hydrogen-bond acceptors (Lipinski definition) is 2. The molecule has 80 valence electrons. The molecule has 0 spiro atoms. The van der Waals surface area contributed by atoms with Gasteiger partial charge in [-0.25, -0.2) is 0 Å². The van der Waals surface area contributed by atoms with Gasteiger partial charge in [0, 0.05) is 10.9 Å². The molecule has 0 saturated carbocycles. The molecule has 1 aromatic heterocycles. The van der Waals surface area contributed by atoms with Crippen LogP contribution in [0.5, 0.6) is 0 Å². The smallest absolute Gasteiger partial charge is 0.0701 e. The summed E-state index contributed by atoms with van der Waals surface area (Å²) in [7, 11) is 0. The topological polar surface area (TPSA) is 12.0 Å². The highest BCUT2D eigenvalue weighted by molar-refractivity contribution is 9.11. The van der Waals surface area contributed by atoms with Crippen LogP contribution >= 0.6 is 27.3 Å². The van der Waals surface area contributed by atoms with Crippen LogP contribution < -0.4 is 5.32 Å². The molecule has 0 bridgehead atoms. The van der Waals surface area contributed by atoms with E-state index >= 15 is 0 Å². The number of rotatable bonds is 5. The molecule has 1 N–H and O–H groups in total. The third-order valence-electron chi connectivity index (χ3n) is 2.54. The molecule has 1 heterocycles. The lowest BCUT2D eigenvalue weighted by molar-refractivity contribution is 0.389. The molecule has 2 atom stereocenters. The van der Waals surface area contributed by atoms with Crippen LogP contribution in [0.15, 0.2) is 15.9 Å². The number of hydrogen-bond donors (Lipinski definition) is 1. The molecule has 1 aromatic rings. The van der Waals surface area contributed by atoms with Crippen LogP contribution in [0.3, 0.4) is 0 Å². The van der Waals surface area contributed by atoms with Crippen molar-refractivity contribution in [2.75, 3.05) is 6.54 Å². The molecular weight excluding hydrogens is 258 g/mol. The van der Waals surface area contributed by atoms with Crippen LogP contribution in [-0.2, 0) is 0 Å². The average Bonchev–Trinajstić information content (AvgIpc) is 2.60. The lowest BCUT2D eigenvalue weighted by Gasteiger charge is -2.22. The van der Waals surface area contributed by atoms with Gasteiger partial charge in [-0.1, -0.05) is 27.2 Å². The van der Waals surface area contributed by atoms with E-state index in [2.05, 4.69) is 54.2 Å². The van der Waals surface area contributed by atoms with Gasteiger partial charge < -0.3 is 5.32 Å². The van der Waals surface area contributed by atoms with Crippen molar-refractivity contribution >= 4 is 27.3 Å². The zero-order valence-corrected chi connectivity index (χ0v) is 11.4. The highest BCUT2D eigenvalue weighted by Crippen LogP contribution is 2.32. The van der Waals surface area contributed by atoms with E-state index in [9.17, 15) is 0 Å². The molecule has 3 heteroatoms. The van der Waals surface area contributed by atoms with Gasteiger partial charge >= 0.3 is 0 Å². The lowest BCUT2D eigenvalue weighted by Crippen LogP contribution is -2.25. The monoisotopic (exact) mass is 275 g/mol. The lowest BCUT2D eigenvalue weighted by atomic mass is 9.98. The van der Waals surface area contributed by atoms with Crippen LogP contribution in [-0.4, -0.2) is 6.54 Å². The van der Waals surface area contributed by atoms with Gasteiger partial charge in [0.25, 0.3) is 0 Å². The number of thiophene rings is 1. The summed E-state index contributed by atoms with van der Waals surface area (Å²) in [5.41, 5.74) is 0. The Balaban J connectivity index is 2.76. The molecule has 0 amide bonds. The van der Waals surface area contributed by atoms with E-state index in [1.165, 1.54) is 15.1 Å². The number of nitrogens with one attached hydrogen (secondary N) is 1. The Hall–Kier alpha value is 0.140. The molecule has 0 aliphatic heterocycles. The average molecular weight is 276 g/mol. The standard InChI is InChI=1S/C11H18BrNS/c1-4-8(3)11(13-5-2)9-6-7-10(12)14-9/h6-8,11,13H,4-5H2,1-3H3. The molecule has 0 fully saturated rings. The third kappa shape index (κ3) is 3.07. The summed E-state index contributed by atoms with van der Waals surface area (Å²) in [4.78, 5) is 1.44. The maximum atomic E-state index is 3.55. The van der Waals surface area contributed by atoms with Gasteiger partial charge in [-0.3, -0.25) is 0 Å². The van der Waals surface area contributed by atoms with Crippen molar-refractivity contribution in [3.8, 4) is 0 Å². The van der Waals surface area contributed by atoms with Crippen molar-refractivity contribution in [1.82, 2.24) is 5.32 Å². The summed E-state index contributed by atoms with van der Waals surface area (Å²) >= 11 is 5.35. The molecular formula is C11H18BrNS. The SMILES string of the molecule is CCNC(c1ccc(Br)s1)C(C)CC. The van der Waals surface area contributed by atoms with Crippen molar-refractivity contribution in [2.45, 2.75) is 33.2 Å². The van der Waals surface area contributed by atoms with E-state index in [4.69, 9.17) is 0 Å². The predicted molar refractivity (Wildman–Crippen MR) is 67.9 cm³/mol. The highest BCUT2D eigenvalue weighted by Gasteiger charge is 2.18. The number of halogens is 1. The molecule has 14 heavy (non-hydrogen) atoms. The van der Waals surface area contributed by atoms with Crippen molar-refractivity contribution in [3.05, 3.63) is 20.8 Å². The summed E-state index contributed by atoms with van der Waals surface area (Å²) in [6.45, 7) is 7.75. The quantitative estimate of drug-likeness (QED) is 0.849. The highest BCUT2D eigenvalue weighted by atomic mass is 79.9. The second-order valence-corrected chi connectivity index (χ2v) is 6.06. The molecule has 1 rings (SSSR count). The summed E-state index contributed by atoms with van der Waals surface area (Å²) in [6.07, 6.45) is 1.22. The van der Waals surface area contributed by atoms with E-state index in [1.807, 2.05) is 11.3 Å². The van der Waals surface area contributed by atoms with Gasteiger partial charge in [0.1, 0.15) is 0 Å². The van der Waals surface area contributed by atoms with E-state index < -0.39 is 0 Å². The fourth-order valence-corrected chi connectivity index (χ4v) is 3.17. The molecule has 0 aromatic carbocycles. The normalized spacial score (nSPS) is 15.4. The van der Waals surface area contributed by atoms with Gasteiger partial charge in [-0.15, -0.1) is 11.3 Å². The third-order valence-corrected chi connectivity index (χ3v) is 4.24. The van der Waals surface area contributed by atoms with Gasteiger partial charge in [-0.2, -0.15) is 0 Å². The van der Waals surface area contributed by atoms with E-state index in [-0.39, 0.29) is 0 Å². The van der Waals surface area contributed by atoms with Crippen LogP contribution in [0.1, 0.15) is 38.1 Å². The Labute approximate surface area is 99.0 Å². The van der Waals surface area contributed by atoms with Crippen molar-refractivity contribution < 1.29 is 0 Å². The Bertz CT molecular complexity index is 272. The van der Waals surface area contributed by atoms with Gasteiger partial charge in [0.05, 0.1) is 3.79 Å². The van der Waals surface area contributed by atoms with Gasteiger partial charge in [0.2, 0.25) is 0 Å². The minimum absolute atomic E-state index is 0.515. The van der Waals surface area contributed by atoms with Gasteiger partial charge in [-0.05, 0) is 40.5 Å². The predicted octanol–water partition coefficient (Wildman–Crippen LogP) is 4.21. The van der Waals surface area contributed by atoms with Crippen LogP contribution in [0, 0.1) is 5.92 Å². The summed E-state index contributed by atoms with van der Waals surface area (Å²) in [5, 5.41) is 3.55. The first-order valence-corrected chi connectivity index (χ1v) is 6.78. The Morgan fingerprint density at radius 3 is 2.57 bits per heavy atom. The van der Waals surface area contributed by atoms with E-state index in [0.29, 0.717) is 12.0 Å². The second kappa shape index (κ2) is 5.89.